The lowest BCUT2D eigenvalue weighted by atomic mass is 9.77. The van der Waals surface area contributed by atoms with Crippen LogP contribution in [0.2, 0.25) is 5.02 Å². The Morgan fingerprint density at radius 2 is 1.90 bits per heavy atom. The molecule has 1 amide bonds. The standard InChI is InChI=1S/C23H20Cl2N2O3/c1-12-8-9-26-18(10-12)27-20(13-2-4-14(24)5-3-13)19-21(28)16-11-15(25)6-7-17(16)30-22(19)23(27)29/h2-5,8-10,15-17,20H,6-7,11H2,1H3. The van der Waals surface area contributed by atoms with Gasteiger partial charge in [0.05, 0.1) is 17.5 Å². The first-order valence-electron chi connectivity index (χ1n) is 10.0. The van der Waals surface area contributed by atoms with Crippen LogP contribution in [0.25, 0.3) is 0 Å². The molecular weight excluding hydrogens is 423 g/mol. The molecule has 30 heavy (non-hydrogen) atoms. The van der Waals surface area contributed by atoms with Crippen LogP contribution in [0.15, 0.2) is 53.9 Å². The summed E-state index contributed by atoms with van der Waals surface area (Å²) in [5.74, 6) is -0.0626. The zero-order valence-electron chi connectivity index (χ0n) is 16.3. The van der Waals surface area contributed by atoms with E-state index < -0.39 is 6.04 Å². The molecule has 1 aliphatic carbocycles. The van der Waals surface area contributed by atoms with Gasteiger partial charge in [-0.2, -0.15) is 0 Å². The van der Waals surface area contributed by atoms with Crippen LogP contribution >= 0.6 is 23.2 Å². The number of aromatic nitrogens is 1. The maximum Gasteiger partial charge on any atom is 0.295 e. The zero-order valence-corrected chi connectivity index (χ0v) is 17.9. The fourth-order valence-electron chi connectivity index (χ4n) is 4.66. The number of halogens is 2. The Kier molecular flexibility index (Phi) is 4.83. The van der Waals surface area contributed by atoms with E-state index in [0.717, 1.165) is 17.5 Å². The number of nitrogens with zero attached hydrogens (tertiary/aromatic N) is 2. The molecule has 5 nitrogen and oxygen atoms in total. The van der Waals surface area contributed by atoms with Crippen molar-refractivity contribution in [2.45, 2.75) is 43.7 Å². The zero-order chi connectivity index (χ0) is 21.0. The number of carbonyl (C=O) groups is 2. The van der Waals surface area contributed by atoms with Gasteiger partial charge in [-0.25, -0.2) is 4.98 Å². The number of alkyl halides is 1. The summed E-state index contributed by atoms with van der Waals surface area (Å²) in [6, 6.07) is 10.3. The molecule has 4 atom stereocenters. The van der Waals surface area contributed by atoms with Gasteiger partial charge in [-0.1, -0.05) is 23.7 Å². The molecule has 1 aromatic carbocycles. The van der Waals surface area contributed by atoms with E-state index >= 15 is 0 Å². The average molecular weight is 443 g/mol. The van der Waals surface area contributed by atoms with E-state index in [2.05, 4.69) is 4.98 Å². The lowest BCUT2D eigenvalue weighted by Gasteiger charge is -2.37. The van der Waals surface area contributed by atoms with Gasteiger partial charge in [-0.05, 0) is 61.6 Å². The number of benzene rings is 1. The van der Waals surface area contributed by atoms with Crippen molar-refractivity contribution in [3.8, 4) is 0 Å². The molecular formula is C23H20Cl2N2O3. The molecule has 3 aliphatic rings. The number of ether oxygens (including phenoxy) is 1. The Morgan fingerprint density at radius 3 is 2.63 bits per heavy atom. The predicted octanol–water partition coefficient (Wildman–Crippen LogP) is 4.76. The molecule has 1 aromatic heterocycles. The van der Waals surface area contributed by atoms with Crippen molar-refractivity contribution < 1.29 is 14.3 Å². The number of anilines is 1. The molecule has 0 radical (unpaired) electrons. The van der Waals surface area contributed by atoms with Gasteiger partial charge in [0.25, 0.3) is 5.91 Å². The maximum absolute atomic E-state index is 13.6. The number of pyridine rings is 1. The summed E-state index contributed by atoms with van der Waals surface area (Å²) >= 11 is 12.4. The van der Waals surface area contributed by atoms with Crippen LogP contribution in [-0.4, -0.2) is 28.2 Å². The summed E-state index contributed by atoms with van der Waals surface area (Å²) in [6.45, 7) is 1.94. The maximum atomic E-state index is 13.6. The molecule has 0 saturated heterocycles. The molecule has 5 rings (SSSR count). The molecule has 154 valence electrons. The Morgan fingerprint density at radius 1 is 1.13 bits per heavy atom. The second-order valence-electron chi connectivity index (χ2n) is 8.10. The minimum Gasteiger partial charge on any atom is -0.483 e. The van der Waals surface area contributed by atoms with Crippen LogP contribution in [0.5, 0.6) is 0 Å². The molecule has 2 aromatic rings. The first kappa shape index (κ1) is 19.6. The number of fused-ring (bicyclic) bond motifs is 1. The molecule has 1 saturated carbocycles. The Hall–Kier alpha value is -2.37. The van der Waals surface area contributed by atoms with Gasteiger partial charge in [0, 0.05) is 16.6 Å². The van der Waals surface area contributed by atoms with Crippen molar-refractivity contribution >= 4 is 40.7 Å². The van der Waals surface area contributed by atoms with Crippen molar-refractivity contribution in [2.24, 2.45) is 5.92 Å². The van der Waals surface area contributed by atoms with Gasteiger partial charge >= 0.3 is 0 Å². The highest BCUT2D eigenvalue weighted by Gasteiger charge is 2.53. The quantitative estimate of drug-likeness (QED) is 0.628. The van der Waals surface area contributed by atoms with Gasteiger partial charge in [0.1, 0.15) is 11.9 Å². The van der Waals surface area contributed by atoms with Crippen molar-refractivity contribution in [2.75, 3.05) is 4.90 Å². The number of Topliss-reactive ketones (excluding diaryl/α,β-unsaturated/α-hetero) is 1. The Labute approximate surface area is 184 Å². The molecule has 1 fully saturated rings. The monoisotopic (exact) mass is 442 g/mol. The van der Waals surface area contributed by atoms with Crippen molar-refractivity contribution in [3.63, 3.8) is 0 Å². The number of rotatable bonds is 2. The lowest BCUT2D eigenvalue weighted by Crippen LogP contribution is -2.41. The molecule has 0 N–H and O–H groups in total. The minimum absolute atomic E-state index is 0.0462. The van der Waals surface area contributed by atoms with E-state index in [4.69, 9.17) is 27.9 Å². The van der Waals surface area contributed by atoms with E-state index in [1.165, 1.54) is 0 Å². The second-order valence-corrected chi connectivity index (χ2v) is 9.15. The molecule has 3 heterocycles. The van der Waals surface area contributed by atoms with Gasteiger partial charge in [-0.15, -0.1) is 11.6 Å². The number of hydrogen-bond donors (Lipinski definition) is 0. The normalized spacial score (nSPS) is 28.3. The number of hydrogen-bond acceptors (Lipinski definition) is 4. The topological polar surface area (TPSA) is 59.5 Å². The lowest BCUT2D eigenvalue weighted by molar-refractivity contribution is -0.131. The van der Waals surface area contributed by atoms with Crippen molar-refractivity contribution in [1.29, 1.82) is 0 Å². The summed E-state index contributed by atoms with van der Waals surface area (Å²) < 4.78 is 6.16. The Balaban J connectivity index is 1.65. The third-order valence-corrected chi connectivity index (χ3v) is 6.77. The first-order chi connectivity index (χ1) is 14.4. The summed E-state index contributed by atoms with van der Waals surface area (Å²) in [4.78, 5) is 33.1. The number of aryl methyl sites for hydroxylation is 1. The fraction of sp³-hybridized carbons (Fsp3) is 0.348. The van der Waals surface area contributed by atoms with Gasteiger partial charge < -0.3 is 4.74 Å². The number of amides is 1. The molecule has 4 unspecified atom stereocenters. The van der Waals surface area contributed by atoms with Crippen LogP contribution in [-0.2, 0) is 14.3 Å². The first-order valence-corrected chi connectivity index (χ1v) is 10.9. The molecule has 0 spiro atoms. The second kappa shape index (κ2) is 7.40. The summed E-state index contributed by atoms with van der Waals surface area (Å²) in [6.07, 6.45) is 3.37. The van der Waals surface area contributed by atoms with Gasteiger partial charge in [0.2, 0.25) is 0 Å². The van der Waals surface area contributed by atoms with E-state index in [-0.39, 0.29) is 34.8 Å². The van der Waals surface area contributed by atoms with E-state index in [0.29, 0.717) is 29.3 Å². The van der Waals surface area contributed by atoms with Crippen LogP contribution < -0.4 is 4.90 Å². The Bertz CT molecular complexity index is 1070. The van der Waals surface area contributed by atoms with Crippen LogP contribution in [0.1, 0.15) is 36.4 Å². The highest BCUT2D eigenvalue weighted by Crippen LogP contribution is 2.48. The van der Waals surface area contributed by atoms with Crippen LogP contribution in [0, 0.1) is 12.8 Å². The van der Waals surface area contributed by atoms with Crippen molar-refractivity contribution in [3.05, 3.63) is 70.1 Å². The SMILES string of the molecule is Cc1ccnc(N2C(=O)C3=C(C(=O)C4CC(Cl)CCC4O3)C2c2ccc(Cl)cc2)c1. The third kappa shape index (κ3) is 3.12. The summed E-state index contributed by atoms with van der Waals surface area (Å²) in [5.41, 5.74) is 2.16. The number of ketones is 1. The van der Waals surface area contributed by atoms with E-state index in [1.807, 2.05) is 31.2 Å². The van der Waals surface area contributed by atoms with Crippen molar-refractivity contribution in [1.82, 2.24) is 4.98 Å². The van der Waals surface area contributed by atoms with E-state index in [1.54, 1.807) is 23.2 Å². The van der Waals surface area contributed by atoms with Gasteiger partial charge in [0.15, 0.2) is 11.5 Å². The molecule has 7 heteroatoms. The average Bonchev–Trinajstić information content (AvgIpc) is 3.02. The predicted molar refractivity (Wildman–Crippen MR) is 115 cm³/mol. The largest absolute Gasteiger partial charge is 0.483 e. The summed E-state index contributed by atoms with van der Waals surface area (Å²) in [5, 5.41) is 0.530. The third-order valence-electron chi connectivity index (χ3n) is 6.12. The number of carbonyl (C=O) groups excluding carboxylic acids is 2. The molecule has 2 aliphatic heterocycles. The smallest absolute Gasteiger partial charge is 0.295 e. The highest BCUT2D eigenvalue weighted by molar-refractivity contribution is 6.30. The van der Waals surface area contributed by atoms with Gasteiger partial charge in [-0.3, -0.25) is 14.5 Å². The summed E-state index contributed by atoms with van der Waals surface area (Å²) in [7, 11) is 0. The minimum atomic E-state index is -0.608. The van der Waals surface area contributed by atoms with Crippen LogP contribution in [0.3, 0.4) is 0 Å². The fourth-order valence-corrected chi connectivity index (χ4v) is 5.11. The highest BCUT2D eigenvalue weighted by atomic mass is 35.5. The molecule has 0 bridgehead atoms. The van der Waals surface area contributed by atoms with Crippen LogP contribution in [0.4, 0.5) is 5.82 Å². The van der Waals surface area contributed by atoms with E-state index in [9.17, 15) is 9.59 Å².